The van der Waals surface area contributed by atoms with Crippen molar-refractivity contribution in [2.45, 2.75) is 19.3 Å². The number of aliphatic carboxylic acids is 2. The molecule has 0 aliphatic carbocycles. The summed E-state index contributed by atoms with van der Waals surface area (Å²) in [7, 11) is 0. The van der Waals surface area contributed by atoms with Crippen LogP contribution in [0.5, 0.6) is 0 Å². The van der Waals surface area contributed by atoms with Gasteiger partial charge < -0.3 is 11.6 Å². The van der Waals surface area contributed by atoms with E-state index in [0.29, 0.717) is 5.56 Å². The van der Waals surface area contributed by atoms with Gasteiger partial charge in [0.1, 0.15) is 0 Å². The van der Waals surface area contributed by atoms with Gasteiger partial charge in [0.05, 0.1) is 0 Å². The Bertz CT molecular complexity index is 392. The molecule has 0 radical (unpaired) electrons. The number of carboxylic acids is 2. The molecule has 0 amide bonds. The van der Waals surface area contributed by atoms with Gasteiger partial charge in [0.2, 0.25) is 0 Å². The number of benzene rings is 1. The SMILES string of the molecule is CC(C)C(C(=O)O)(C(=O)O)c1ccccc1.[H-].[Li+]. The Morgan fingerprint density at radius 1 is 1.12 bits per heavy atom. The maximum Gasteiger partial charge on any atom is 1.00 e. The first-order valence-electron chi connectivity index (χ1n) is 4.96. The second-order valence-corrected chi connectivity index (χ2v) is 3.94. The van der Waals surface area contributed by atoms with Crippen molar-refractivity contribution in [3.8, 4) is 0 Å². The molecule has 0 aliphatic rings. The zero-order valence-corrected chi connectivity index (χ0v) is 10.2. The zero-order chi connectivity index (χ0) is 12.3. The smallest absolute Gasteiger partial charge is 1.00 e. The fourth-order valence-corrected chi connectivity index (χ4v) is 1.87. The molecule has 0 saturated carbocycles. The molecule has 5 heteroatoms. The minimum atomic E-state index is -1.87. The van der Waals surface area contributed by atoms with E-state index in [1.54, 1.807) is 32.0 Å². The predicted molar refractivity (Wildman–Crippen MR) is 59.3 cm³/mol. The Morgan fingerprint density at radius 3 is 1.82 bits per heavy atom. The maximum atomic E-state index is 11.3. The summed E-state index contributed by atoms with van der Waals surface area (Å²) < 4.78 is 0. The second kappa shape index (κ2) is 5.90. The normalized spacial score (nSPS) is 10.8. The van der Waals surface area contributed by atoms with E-state index in [1.165, 1.54) is 12.1 Å². The number of hydrogen-bond donors (Lipinski definition) is 2. The van der Waals surface area contributed by atoms with E-state index in [9.17, 15) is 19.8 Å². The van der Waals surface area contributed by atoms with Crippen molar-refractivity contribution in [1.29, 1.82) is 0 Å². The van der Waals surface area contributed by atoms with Gasteiger partial charge in [-0.3, -0.25) is 9.59 Å². The minimum absolute atomic E-state index is 0. The molecule has 0 aromatic heterocycles. The molecule has 88 valence electrons. The molecule has 0 spiro atoms. The van der Waals surface area contributed by atoms with Crippen LogP contribution in [0.1, 0.15) is 20.8 Å². The molecular weight excluding hydrogens is 215 g/mol. The molecule has 0 saturated heterocycles. The van der Waals surface area contributed by atoms with E-state index < -0.39 is 23.3 Å². The topological polar surface area (TPSA) is 74.6 Å². The quantitative estimate of drug-likeness (QED) is 0.507. The molecule has 0 unspecified atom stereocenters. The van der Waals surface area contributed by atoms with Crippen LogP contribution in [-0.2, 0) is 15.0 Å². The first-order chi connectivity index (χ1) is 7.44. The number of rotatable bonds is 4. The number of hydrogen-bond acceptors (Lipinski definition) is 2. The standard InChI is InChI=1S/C12H14O4.Li.H/c1-8(2)12(10(13)14,11(15)16)9-6-4-3-5-7-9;;/h3-8H,1-2H3,(H,13,14)(H,15,16);;/q;+1;-1. The average Bonchev–Trinajstić information content (AvgIpc) is 2.18. The summed E-state index contributed by atoms with van der Waals surface area (Å²) in [6.45, 7) is 3.18. The van der Waals surface area contributed by atoms with Gasteiger partial charge in [-0.15, -0.1) is 0 Å². The first-order valence-corrected chi connectivity index (χ1v) is 4.96. The molecule has 0 fully saturated rings. The van der Waals surface area contributed by atoms with Gasteiger partial charge in [0, 0.05) is 0 Å². The van der Waals surface area contributed by atoms with Gasteiger partial charge in [-0.25, -0.2) is 0 Å². The number of carboxylic acid groups (broad SMARTS) is 2. The van der Waals surface area contributed by atoms with Crippen molar-refractivity contribution in [3.63, 3.8) is 0 Å². The molecular formula is C12H15LiO4. The Labute approximate surface area is 113 Å². The van der Waals surface area contributed by atoms with Crippen molar-refractivity contribution in [2.75, 3.05) is 0 Å². The van der Waals surface area contributed by atoms with Crippen molar-refractivity contribution >= 4 is 11.9 Å². The summed E-state index contributed by atoms with van der Waals surface area (Å²) in [5, 5.41) is 18.5. The van der Waals surface area contributed by atoms with E-state index in [4.69, 9.17) is 0 Å². The van der Waals surface area contributed by atoms with Crippen LogP contribution >= 0.6 is 0 Å². The van der Waals surface area contributed by atoms with E-state index >= 15 is 0 Å². The van der Waals surface area contributed by atoms with Crippen molar-refractivity contribution in [2.24, 2.45) is 5.92 Å². The Kier molecular flexibility index (Phi) is 5.47. The van der Waals surface area contributed by atoms with Crippen LogP contribution in [0.15, 0.2) is 30.3 Å². The van der Waals surface area contributed by atoms with E-state index in [-0.39, 0.29) is 20.3 Å². The van der Waals surface area contributed by atoms with E-state index in [1.807, 2.05) is 0 Å². The van der Waals surface area contributed by atoms with Crippen LogP contribution in [0.25, 0.3) is 0 Å². The van der Waals surface area contributed by atoms with Crippen LogP contribution in [0.4, 0.5) is 0 Å². The summed E-state index contributed by atoms with van der Waals surface area (Å²) >= 11 is 0. The van der Waals surface area contributed by atoms with Gasteiger partial charge in [-0.2, -0.15) is 0 Å². The van der Waals surface area contributed by atoms with Gasteiger partial charge in [-0.05, 0) is 11.5 Å². The summed E-state index contributed by atoms with van der Waals surface area (Å²) in [4.78, 5) is 22.6. The molecule has 1 aromatic rings. The largest absolute Gasteiger partial charge is 1.00 e. The van der Waals surface area contributed by atoms with Gasteiger partial charge in [0.15, 0.2) is 5.41 Å². The van der Waals surface area contributed by atoms with Crippen LogP contribution < -0.4 is 18.9 Å². The monoisotopic (exact) mass is 230 g/mol. The maximum absolute atomic E-state index is 11.3. The molecule has 4 nitrogen and oxygen atoms in total. The van der Waals surface area contributed by atoms with Gasteiger partial charge >= 0.3 is 30.8 Å². The molecule has 0 aliphatic heterocycles. The van der Waals surface area contributed by atoms with Crippen molar-refractivity contribution < 1.29 is 40.1 Å². The summed E-state index contributed by atoms with van der Waals surface area (Å²) in [6.07, 6.45) is 0. The Balaban J connectivity index is 0. The molecule has 0 bridgehead atoms. The number of carbonyl (C=O) groups is 2. The fraction of sp³-hybridized carbons (Fsp3) is 0.333. The summed E-state index contributed by atoms with van der Waals surface area (Å²) in [5.41, 5.74) is -1.58. The zero-order valence-electron chi connectivity index (χ0n) is 11.2. The predicted octanol–water partition coefficient (Wildman–Crippen LogP) is -1.13. The third kappa shape index (κ3) is 2.54. The minimum Gasteiger partial charge on any atom is -1.00 e. The van der Waals surface area contributed by atoms with Crippen LogP contribution in [0.2, 0.25) is 0 Å². The average molecular weight is 230 g/mol. The van der Waals surface area contributed by atoms with Crippen LogP contribution in [0.3, 0.4) is 0 Å². The van der Waals surface area contributed by atoms with Crippen molar-refractivity contribution in [1.82, 2.24) is 0 Å². The Morgan fingerprint density at radius 2 is 1.53 bits per heavy atom. The summed E-state index contributed by atoms with van der Waals surface area (Å²) in [5.74, 6) is -3.20. The van der Waals surface area contributed by atoms with Crippen LogP contribution in [0, 0.1) is 5.92 Å². The van der Waals surface area contributed by atoms with Crippen LogP contribution in [-0.4, -0.2) is 22.2 Å². The fourth-order valence-electron chi connectivity index (χ4n) is 1.87. The van der Waals surface area contributed by atoms with E-state index in [0.717, 1.165) is 0 Å². The van der Waals surface area contributed by atoms with Gasteiger partial charge in [-0.1, -0.05) is 44.2 Å². The third-order valence-electron chi connectivity index (χ3n) is 2.77. The molecule has 0 atom stereocenters. The van der Waals surface area contributed by atoms with E-state index in [2.05, 4.69) is 0 Å². The van der Waals surface area contributed by atoms with Crippen molar-refractivity contribution in [3.05, 3.63) is 35.9 Å². The summed E-state index contributed by atoms with van der Waals surface area (Å²) in [6, 6.07) is 8.06. The molecule has 2 N–H and O–H groups in total. The second-order valence-electron chi connectivity index (χ2n) is 3.94. The molecule has 1 aromatic carbocycles. The third-order valence-corrected chi connectivity index (χ3v) is 2.77. The van der Waals surface area contributed by atoms with Gasteiger partial charge in [0.25, 0.3) is 0 Å². The molecule has 1 rings (SSSR count). The Hall–Kier alpha value is -1.24. The molecule has 0 heterocycles. The first kappa shape index (κ1) is 15.8. The molecule has 17 heavy (non-hydrogen) atoms.